The molecule has 3 aromatic rings. The lowest BCUT2D eigenvalue weighted by Crippen LogP contribution is -2.38. The molecular weight excluding hydrogens is 446 g/mol. The van der Waals surface area contributed by atoms with Crippen LogP contribution in [-0.2, 0) is 26.0 Å². The van der Waals surface area contributed by atoms with Crippen molar-refractivity contribution in [3.8, 4) is 11.1 Å². The zero-order valence-electron chi connectivity index (χ0n) is 17.7. The summed E-state index contributed by atoms with van der Waals surface area (Å²) in [6, 6.07) is 17.9. The first-order chi connectivity index (χ1) is 15.3. The smallest absolute Gasteiger partial charge is 0.249 e. The van der Waals surface area contributed by atoms with Crippen molar-refractivity contribution in [2.75, 3.05) is 18.1 Å². The topological polar surface area (TPSA) is 103 Å². The van der Waals surface area contributed by atoms with Crippen molar-refractivity contribution < 1.29 is 17.9 Å². The Kier molecular flexibility index (Phi) is 6.71. The van der Waals surface area contributed by atoms with Gasteiger partial charge < -0.3 is 4.74 Å². The summed E-state index contributed by atoms with van der Waals surface area (Å²) in [5, 5.41) is 5.64. The highest BCUT2D eigenvalue weighted by atomic mass is 32.2. The number of amides is 1. The van der Waals surface area contributed by atoms with Gasteiger partial charge in [-0.1, -0.05) is 65.9 Å². The van der Waals surface area contributed by atoms with E-state index in [1.165, 1.54) is 4.90 Å². The highest BCUT2D eigenvalue weighted by molar-refractivity contribution is 7.91. The second-order valence-corrected chi connectivity index (χ2v) is 10.5. The third-order valence-electron chi connectivity index (χ3n) is 5.36. The van der Waals surface area contributed by atoms with E-state index in [1.807, 2.05) is 54.6 Å². The molecule has 1 saturated heterocycles. The number of sulfonamides is 1. The Labute approximate surface area is 191 Å². The number of thiazole rings is 1. The van der Waals surface area contributed by atoms with Crippen LogP contribution in [0.25, 0.3) is 11.1 Å². The first-order valence-corrected chi connectivity index (χ1v) is 12.7. The Hall–Kier alpha value is -2.59. The second-order valence-electron chi connectivity index (χ2n) is 7.79. The van der Waals surface area contributed by atoms with Crippen LogP contribution in [-0.4, -0.2) is 38.6 Å². The number of hydrogen-bond acceptors (Lipinski definition) is 6. The van der Waals surface area contributed by atoms with E-state index in [4.69, 9.17) is 9.88 Å². The summed E-state index contributed by atoms with van der Waals surface area (Å²) in [6.45, 7) is 2.57. The molecule has 2 N–H and O–H groups in total. The van der Waals surface area contributed by atoms with Gasteiger partial charge >= 0.3 is 0 Å². The lowest BCUT2D eigenvalue weighted by Gasteiger charge is -2.23. The fourth-order valence-electron chi connectivity index (χ4n) is 3.74. The van der Waals surface area contributed by atoms with Gasteiger partial charge in [-0.2, -0.15) is 0 Å². The molecule has 32 heavy (non-hydrogen) atoms. The molecule has 1 aliphatic rings. The van der Waals surface area contributed by atoms with Crippen LogP contribution in [0.3, 0.4) is 0 Å². The molecule has 1 fully saturated rings. The summed E-state index contributed by atoms with van der Waals surface area (Å²) >= 11 is 0.922. The zero-order chi connectivity index (χ0) is 22.7. The molecule has 7 nitrogen and oxygen atoms in total. The van der Waals surface area contributed by atoms with Gasteiger partial charge in [0, 0.05) is 6.61 Å². The van der Waals surface area contributed by atoms with Gasteiger partial charge in [0.15, 0.2) is 9.34 Å². The molecular formula is C23H25N3O4S2. The zero-order valence-corrected chi connectivity index (χ0v) is 19.4. The minimum Gasteiger partial charge on any atom is -0.376 e. The molecule has 1 atom stereocenters. The van der Waals surface area contributed by atoms with E-state index in [2.05, 4.69) is 4.98 Å². The van der Waals surface area contributed by atoms with Crippen molar-refractivity contribution >= 4 is 32.4 Å². The number of rotatable bonds is 7. The summed E-state index contributed by atoms with van der Waals surface area (Å²) in [5.41, 5.74) is 3.35. The number of carbonyl (C=O) groups excluding carboxylic acids is 1. The SMILES string of the molecule is Cc1nc(N(CC2CCCO2)C(=O)Cc2ccc(-c3ccccc3)cc2)sc1S(N)(=O)=O. The molecule has 0 aliphatic carbocycles. The molecule has 0 bridgehead atoms. The van der Waals surface area contributed by atoms with E-state index in [9.17, 15) is 13.2 Å². The predicted octanol–water partition coefficient (Wildman–Crippen LogP) is 3.52. The van der Waals surface area contributed by atoms with Crippen LogP contribution in [0.15, 0.2) is 58.8 Å². The Morgan fingerprint density at radius 1 is 1.16 bits per heavy atom. The molecule has 4 rings (SSSR count). The third kappa shape index (κ3) is 5.24. The molecule has 168 valence electrons. The molecule has 1 unspecified atom stereocenters. The number of aryl methyl sites for hydroxylation is 1. The number of aromatic nitrogens is 1. The number of benzene rings is 2. The molecule has 0 saturated carbocycles. The van der Waals surface area contributed by atoms with Gasteiger partial charge in [-0.15, -0.1) is 0 Å². The van der Waals surface area contributed by atoms with E-state index < -0.39 is 10.0 Å². The first-order valence-electron chi connectivity index (χ1n) is 10.4. The summed E-state index contributed by atoms with van der Waals surface area (Å²) < 4.78 is 29.4. The van der Waals surface area contributed by atoms with Crippen LogP contribution < -0.4 is 10.0 Å². The minimum absolute atomic E-state index is 0.0233. The number of nitrogens with two attached hydrogens (primary N) is 1. The maximum atomic E-state index is 13.3. The quantitative estimate of drug-likeness (QED) is 0.568. The lowest BCUT2D eigenvalue weighted by atomic mass is 10.0. The molecule has 0 radical (unpaired) electrons. The Bertz CT molecular complexity index is 1190. The van der Waals surface area contributed by atoms with Gasteiger partial charge in [-0.25, -0.2) is 18.5 Å². The monoisotopic (exact) mass is 471 g/mol. The first kappa shape index (κ1) is 22.6. The molecule has 1 aromatic heterocycles. The maximum absolute atomic E-state index is 13.3. The van der Waals surface area contributed by atoms with E-state index in [-0.39, 0.29) is 22.6 Å². The molecule has 1 aliphatic heterocycles. The normalized spacial score (nSPS) is 16.2. The van der Waals surface area contributed by atoms with Gasteiger partial charge in [0.05, 0.1) is 24.8 Å². The Balaban J connectivity index is 1.56. The summed E-state index contributed by atoms with van der Waals surface area (Å²) in [7, 11) is -3.90. The molecule has 0 spiro atoms. The third-order valence-corrected chi connectivity index (χ3v) is 8.09. The fraction of sp³-hybridized carbons (Fsp3) is 0.304. The highest BCUT2D eigenvalue weighted by Gasteiger charge is 2.28. The molecule has 2 aromatic carbocycles. The largest absolute Gasteiger partial charge is 0.376 e. The van der Waals surface area contributed by atoms with Gasteiger partial charge in [0.2, 0.25) is 15.9 Å². The van der Waals surface area contributed by atoms with Crippen LogP contribution in [0.5, 0.6) is 0 Å². The van der Waals surface area contributed by atoms with Crippen molar-refractivity contribution in [3.05, 3.63) is 65.9 Å². The van der Waals surface area contributed by atoms with Crippen molar-refractivity contribution in [3.63, 3.8) is 0 Å². The summed E-state index contributed by atoms with van der Waals surface area (Å²) in [6.07, 6.45) is 1.86. The average Bonchev–Trinajstić information content (AvgIpc) is 3.42. The average molecular weight is 472 g/mol. The summed E-state index contributed by atoms with van der Waals surface area (Å²) in [4.78, 5) is 19.2. The number of primary sulfonamides is 1. The van der Waals surface area contributed by atoms with Crippen LogP contribution in [0, 0.1) is 6.92 Å². The van der Waals surface area contributed by atoms with Gasteiger partial charge in [-0.05, 0) is 36.5 Å². The Morgan fingerprint density at radius 3 is 2.44 bits per heavy atom. The van der Waals surface area contributed by atoms with Crippen LogP contribution in [0.2, 0.25) is 0 Å². The van der Waals surface area contributed by atoms with Crippen LogP contribution >= 0.6 is 11.3 Å². The van der Waals surface area contributed by atoms with Gasteiger partial charge in [0.25, 0.3) is 0 Å². The van der Waals surface area contributed by atoms with Crippen molar-refractivity contribution in [1.29, 1.82) is 0 Å². The van der Waals surface area contributed by atoms with E-state index in [0.717, 1.165) is 40.9 Å². The second kappa shape index (κ2) is 9.50. The molecule has 2 heterocycles. The maximum Gasteiger partial charge on any atom is 0.249 e. The number of anilines is 1. The van der Waals surface area contributed by atoms with E-state index in [0.29, 0.717) is 24.0 Å². The number of carbonyl (C=O) groups is 1. The van der Waals surface area contributed by atoms with Crippen molar-refractivity contribution in [2.45, 2.75) is 36.5 Å². The number of hydrogen-bond donors (Lipinski definition) is 1. The Morgan fingerprint density at radius 2 is 1.84 bits per heavy atom. The standard InChI is InChI=1S/C23H25N3O4S2/c1-16-22(32(24,28)29)31-23(25-16)26(15-20-8-5-13-30-20)21(27)14-17-9-11-19(12-10-17)18-6-3-2-4-7-18/h2-4,6-7,9-12,20H,5,8,13-15H2,1H3,(H2,24,28,29). The number of ether oxygens (including phenoxy) is 1. The highest BCUT2D eigenvalue weighted by Crippen LogP contribution is 2.31. The minimum atomic E-state index is -3.90. The lowest BCUT2D eigenvalue weighted by molar-refractivity contribution is -0.118. The van der Waals surface area contributed by atoms with Gasteiger partial charge in [-0.3, -0.25) is 9.69 Å². The van der Waals surface area contributed by atoms with Crippen LogP contribution in [0.1, 0.15) is 24.1 Å². The van der Waals surface area contributed by atoms with Crippen LogP contribution in [0.4, 0.5) is 5.13 Å². The molecule has 1 amide bonds. The predicted molar refractivity (Wildman–Crippen MR) is 125 cm³/mol. The van der Waals surface area contributed by atoms with E-state index >= 15 is 0 Å². The number of nitrogens with zero attached hydrogens (tertiary/aromatic N) is 2. The van der Waals surface area contributed by atoms with Gasteiger partial charge in [0.1, 0.15) is 0 Å². The van der Waals surface area contributed by atoms with E-state index in [1.54, 1.807) is 6.92 Å². The fourth-order valence-corrected chi connectivity index (χ4v) is 5.72. The summed E-state index contributed by atoms with van der Waals surface area (Å²) in [5.74, 6) is -0.164. The van der Waals surface area contributed by atoms with Crippen molar-refractivity contribution in [2.24, 2.45) is 5.14 Å². The molecule has 9 heteroatoms. The van der Waals surface area contributed by atoms with Crippen molar-refractivity contribution in [1.82, 2.24) is 4.98 Å².